The van der Waals surface area contributed by atoms with E-state index in [1.807, 2.05) is 0 Å². The summed E-state index contributed by atoms with van der Waals surface area (Å²) in [4.78, 5) is 9.29. The van der Waals surface area contributed by atoms with Crippen molar-refractivity contribution in [2.45, 2.75) is 0 Å². The van der Waals surface area contributed by atoms with Gasteiger partial charge in [-0.05, 0) is 0 Å². The molecular weight excluding hydrogens is 336 g/mol. The van der Waals surface area contributed by atoms with Crippen molar-refractivity contribution in [1.29, 1.82) is 0 Å². The van der Waals surface area contributed by atoms with Gasteiger partial charge in [-0.2, -0.15) is 0 Å². The van der Waals surface area contributed by atoms with Gasteiger partial charge in [0.2, 0.25) is 0 Å². The Kier molecular flexibility index (Phi) is 6.66. The quantitative estimate of drug-likeness (QED) is 0.329. The Balaban J connectivity index is 0. The maximum atomic E-state index is 9.29. The first-order chi connectivity index (χ1) is 2.00. The molecule has 0 aliphatic heterocycles. The van der Waals surface area contributed by atoms with Crippen LogP contribution < -0.4 is 4.89 Å². The first kappa shape index (κ1) is 10.7. The fraction of sp³-hybridized carbons (Fsp3) is 0. The van der Waals surface area contributed by atoms with Gasteiger partial charge < -0.3 is 34.0 Å². The van der Waals surface area contributed by atoms with Gasteiger partial charge in [0.15, 0.2) is 0 Å². The molecule has 0 rings (SSSR count). The van der Waals surface area contributed by atoms with Gasteiger partial charge in [0.25, 0.3) is 0 Å². The Morgan fingerprint density at radius 3 is 1.50 bits per heavy atom. The molecule has 34 valence electrons. The summed E-state index contributed by atoms with van der Waals surface area (Å²) < 4.78 is 9.29. The Labute approximate surface area is 65.6 Å². The Hall–Kier alpha value is 1.77. The van der Waals surface area contributed by atoms with Crippen LogP contribution >= 0.6 is 5.77 Å². The fourth-order valence-electron chi connectivity index (χ4n) is 0. The molecule has 0 unspecified atom stereocenters. The molecule has 0 aromatic heterocycles. The van der Waals surface area contributed by atoms with Crippen molar-refractivity contribution in [3.8, 4) is 0 Å². The summed E-state index contributed by atoms with van der Waals surface area (Å²) in [6, 6.07) is 0. The molecule has 0 saturated carbocycles. The van der Waals surface area contributed by atoms with E-state index >= 15 is 0 Å². The maximum Gasteiger partial charge on any atom is 3.00 e. The van der Waals surface area contributed by atoms with Gasteiger partial charge in [0.05, 0.1) is 0 Å². The van der Waals surface area contributed by atoms with Crippen LogP contribution in [0.1, 0.15) is 0 Å². The summed E-state index contributed by atoms with van der Waals surface area (Å²) in [5, 5.41) is 0. The number of hydrogen-bond donors (Lipinski definition) is 0. The molecular formula is BiO2PS2. The minimum atomic E-state index is -3.72. The standard InChI is InChI=1S/Bi.H3O2PS2/c;1-3(2,4)5/h;(H3,1,2,4,5)/q+3;/p-3. The molecule has 0 aromatic rings. The van der Waals surface area contributed by atoms with E-state index in [1.165, 1.54) is 0 Å². The van der Waals surface area contributed by atoms with Crippen LogP contribution in [0.25, 0.3) is 0 Å². The molecule has 0 N–H and O–H groups in total. The first-order valence-corrected chi connectivity index (χ1v) is 4.38. The van der Waals surface area contributed by atoms with Crippen molar-refractivity contribution >= 4 is 56.5 Å². The molecule has 0 fully saturated rings. The van der Waals surface area contributed by atoms with Gasteiger partial charge in [-0.15, -0.1) is 0 Å². The van der Waals surface area contributed by atoms with E-state index in [9.17, 15) is 9.46 Å². The zero-order valence-electron chi connectivity index (χ0n) is 2.53. The zero-order valence-corrected chi connectivity index (χ0v) is 8.53. The van der Waals surface area contributed by atoms with Crippen molar-refractivity contribution in [3.05, 3.63) is 0 Å². The molecule has 0 aliphatic carbocycles. The average Bonchev–Trinajstić information content (AvgIpc) is 0.722. The van der Waals surface area contributed by atoms with Crippen LogP contribution in [0, 0.1) is 0 Å². The molecule has 6 heavy (non-hydrogen) atoms. The average molecular weight is 336 g/mol. The predicted molar refractivity (Wildman–Crippen MR) is 28.1 cm³/mol. The monoisotopic (exact) mass is 336 g/mol. The Bertz CT molecular complexity index is 57.7. The van der Waals surface area contributed by atoms with Gasteiger partial charge in [0, 0.05) is 0 Å². The van der Waals surface area contributed by atoms with E-state index in [2.05, 4.69) is 24.5 Å². The van der Waals surface area contributed by atoms with Crippen molar-refractivity contribution in [2.24, 2.45) is 0 Å². The largest absolute Gasteiger partial charge is 3.00 e. The third-order valence-electron chi connectivity index (χ3n) is 0. The molecule has 0 heterocycles. The van der Waals surface area contributed by atoms with Crippen LogP contribution in [-0.4, -0.2) is 26.2 Å². The van der Waals surface area contributed by atoms with E-state index in [4.69, 9.17) is 0 Å². The van der Waals surface area contributed by atoms with Gasteiger partial charge in [0.1, 0.15) is 0 Å². The maximum absolute atomic E-state index is 9.29. The zero-order chi connectivity index (χ0) is 4.50. The van der Waals surface area contributed by atoms with Gasteiger partial charge in [-0.1, -0.05) is 0 Å². The summed E-state index contributed by atoms with van der Waals surface area (Å²) in [6.07, 6.45) is 0. The van der Waals surface area contributed by atoms with Crippen LogP contribution in [0.3, 0.4) is 0 Å². The minimum absolute atomic E-state index is 0. The molecule has 2 nitrogen and oxygen atoms in total. The Morgan fingerprint density at radius 2 is 1.50 bits per heavy atom. The predicted octanol–water partition coefficient (Wildman–Crippen LogP) is -0.832. The van der Waals surface area contributed by atoms with Crippen molar-refractivity contribution in [3.63, 3.8) is 0 Å². The minimum Gasteiger partial charge on any atom is -0.835 e. The SMILES string of the molecule is O=P([O-])([S-])[S-].[Bi+3]. The third kappa shape index (κ3) is 41.8. The van der Waals surface area contributed by atoms with E-state index in [1.54, 1.807) is 0 Å². The number of hydrogen-bond acceptors (Lipinski definition) is 4. The molecule has 2 radical (unpaired) electrons. The summed E-state index contributed by atoms with van der Waals surface area (Å²) >= 11 is 7.28. The molecule has 0 aliphatic rings. The molecule has 0 aromatic carbocycles. The topological polar surface area (TPSA) is 40.1 Å². The molecule has 6 heteroatoms. The van der Waals surface area contributed by atoms with Crippen LogP contribution in [-0.2, 0) is 29.1 Å². The van der Waals surface area contributed by atoms with Crippen LogP contribution in [0.5, 0.6) is 0 Å². The van der Waals surface area contributed by atoms with Gasteiger partial charge in [-0.3, -0.25) is 5.77 Å². The number of rotatable bonds is 0. The summed E-state index contributed by atoms with van der Waals surface area (Å²) in [7, 11) is 0. The second-order valence-electron chi connectivity index (χ2n) is 0.447. The molecule has 0 bridgehead atoms. The van der Waals surface area contributed by atoms with Gasteiger partial charge in [-0.25, -0.2) is 0 Å². The van der Waals surface area contributed by atoms with Crippen molar-refractivity contribution in [1.82, 2.24) is 0 Å². The van der Waals surface area contributed by atoms with Crippen LogP contribution in [0.4, 0.5) is 0 Å². The summed E-state index contributed by atoms with van der Waals surface area (Å²) in [5.41, 5.74) is 0. The van der Waals surface area contributed by atoms with E-state index in [0.717, 1.165) is 0 Å². The molecule has 0 amide bonds. The van der Waals surface area contributed by atoms with Gasteiger partial charge >= 0.3 is 26.2 Å². The van der Waals surface area contributed by atoms with E-state index < -0.39 is 5.77 Å². The second kappa shape index (κ2) is 3.74. The first-order valence-electron chi connectivity index (χ1n) is 0.730. The summed E-state index contributed by atoms with van der Waals surface area (Å²) in [6.45, 7) is 0. The Morgan fingerprint density at radius 1 is 1.50 bits per heavy atom. The normalized spacial score (nSPS) is 9.83. The fourth-order valence-corrected chi connectivity index (χ4v) is 0. The van der Waals surface area contributed by atoms with Crippen LogP contribution in [0.15, 0.2) is 0 Å². The third-order valence-corrected chi connectivity index (χ3v) is 0. The summed E-state index contributed by atoms with van der Waals surface area (Å²) in [5.74, 6) is -3.72. The van der Waals surface area contributed by atoms with Crippen LogP contribution in [0.2, 0.25) is 0 Å². The molecule has 0 saturated heterocycles. The smallest absolute Gasteiger partial charge is 0.835 e. The van der Waals surface area contributed by atoms with Crippen molar-refractivity contribution < 1.29 is 9.46 Å². The van der Waals surface area contributed by atoms with Crippen molar-refractivity contribution in [2.75, 3.05) is 0 Å². The molecule has 0 atom stereocenters. The second-order valence-corrected chi connectivity index (χ2v) is 4.92. The molecule has 0 spiro atoms. The van der Waals surface area contributed by atoms with E-state index in [0.29, 0.717) is 0 Å². The van der Waals surface area contributed by atoms with E-state index in [-0.39, 0.29) is 26.2 Å².